The summed E-state index contributed by atoms with van der Waals surface area (Å²) in [5.74, 6) is 1.94. The van der Waals surface area contributed by atoms with Gasteiger partial charge >= 0.3 is 0 Å². The summed E-state index contributed by atoms with van der Waals surface area (Å²) < 4.78 is 0. The highest BCUT2D eigenvalue weighted by Gasteiger charge is 2.58. The smallest absolute Gasteiger partial charge is 0.227 e. The van der Waals surface area contributed by atoms with Crippen LogP contribution < -0.4 is 0 Å². The molecule has 3 atom stereocenters. The van der Waals surface area contributed by atoms with E-state index in [1.807, 2.05) is 4.90 Å². The van der Waals surface area contributed by atoms with Crippen LogP contribution in [0.3, 0.4) is 0 Å². The zero-order valence-electron chi connectivity index (χ0n) is 9.56. The molecular weight excluding hydrogens is 200 g/mol. The second kappa shape index (κ2) is 3.76. The lowest BCUT2D eigenvalue weighted by atomic mass is 10.0. The Morgan fingerprint density at radius 2 is 1.88 bits per heavy atom. The minimum atomic E-state index is -0.137. The lowest BCUT2D eigenvalue weighted by Crippen LogP contribution is -2.44. The molecule has 1 saturated heterocycles. The third-order valence-electron chi connectivity index (χ3n) is 4.63. The minimum absolute atomic E-state index is 0.137. The number of nitrogens with zero attached hydrogens (tertiary/aromatic N) is 2. The van der Waals surface area contributed by atoms with Gasteiger partial charge < -0.3 is 4.90 Å². The summed E-state index contributed by atoms with van der Waals surface area (Å²) in [5.41, 5.74) is 0. The molecule has 16 heavy (non-hydrogen) atoms. The van der Waals surface area contributed by atoms with Gasteiger partial charge in [-0.1, -0.05) is 6.42 Å². The maximum Gasteiger partial charge on any atom is 0.227 e. The number of likely N-dealkylation sites (tertiary alicyclic amines) is 1. The molecule has 3 heteroatoms. The third-order valence-corrected chi connectivity index (χ3v) is 4.63. The Balaban J connectivity index is 1.68. The van der Waals surface area contributed by atoms with Crippen LogP contribution in [0.1, 0.15) is 38.5 Å². The Hall–Kier alpha value is -1.04. The monoisotopic (exact) mass is 218 g/mol. The van der Waals surface area contributed by atoms with Crippen LogP contribution in [0.5, 0.6) is 0 Å². The van der Waals surface area contributed by atoms with Gasteiger partial charge in [-0.3, -0.25) is 4.79 Å². The van der Waals surface area contributed by atoms with Crippen molar-refractivity contribution >= 4 is 5.91 Å². The number of hydrogen-bond donors (Lipinski definition) is 0. The molecule has 1 aliphatic heterocycles. The van der Waals surface area contributed by atoms with Gasteiger partial charge in [0.1, 0.15) is 6.04 Å². The molecule has 2 saturated carbocycles. The van der Waals surface area contributed by atoms with Crippen molar-refractivity contribution < 1.29 is 4.79 Å². The van der Waals surface area contributed by atoms with E-state index < -0.39 is 0 Å². The normalized spacial score (nSPS) is 41.3. The molecule has 3 aliphatic rings. The van der Waals surface area contributed by atoms with Gasteiger partial charge in [0, 0.05) is 12.5 Å². The second-order valence-electron chi connectivity index (χ2n) is 5.46. The first-order valence-corrected chi connectivity index (χ1v) is 6.53. The summed E-state index contributed by atoms with van der Waals surface area (Å²) in [4.78, 5) is 14.2. The largest absolute Gasteiger partial charge is 0.326 e. The van der Waals surface area contributed by atoms with Gasteiger partial charge in [0.05, 0.1) is 6.07 Å². The quantitative estimate of drug-likeness (QED) is 0.675. The molecule has 3 fully saturated rings. The van der Waals surface area contributed by atoms with E-state index in [0.717, 1.165) is 25.8 Å². The number of fused-ring (bicyclic) bond motifs is 1. The van der Waals surface area contributed by atoms with Crippen molar-refractivity contribution in [3.8, 4) is 6.07 Å². The van der Waals surface area contributed by atoms with E-state index in [2.05, 4.69) is 6.07 Å². The molecule has 0 aromatic heterocycles. The van der Waals surface area contributed by atoms with Crippen molar-refractivity contribution in [2.75, 3.05) is 6.54 Å². The van der Waals surface area contributed by atoms with Crippen LogP contribution in [0.4, 0.5) is 0 Å². The Bertz CT molecular complexity index is 336. The van der Waals surface area contributed by atoms with Gasteiger partial charge in [-0.05, 0) is 43.9 Å². The number of piperidine rings is 1. The fourth-order valence-electron chi connectivity index (χ4n) is 3.71. The molecule has 0 bridgehead atoms. The van der Waals surface area contributed by atoms with Gasteiger partial charge in [-0.25, -0.2) is 0 Å². The van der Waals surface area contributed by atoms with E-state index in [4.69, 9.17) is 5.26 Å². The van der Waals surface area contributed by atoms with Crippen LogP contribution in [0.2, 0.25) is 0 Å². The Labute approximate surface area is 96.4 Å². The lowest BCUT2D eigenvalue weighted by Gasteiger charge is -2.32. The van der Waals surface area contributed by atoms with Crippen LogP contribution in [0.25, 0.3) is 0 Å². The zero-order chi connectivity index (χ0) is 11.1. The summed E-state index contributed by atoms with van der Waals surface area (Å²) in [7, 11) is 0. The highest BCUT2D eigenvalue weighted by Crippen LogP contribution is 2.58. The Morgan fingerprint density at radius 1 is 1.12 bits per heavy atom. The van der Waals surface area contributed by atoms with Gasteiger partial charge in [0.15, 0.2) is 0 Å². The van der Waals surface area contributed by atoms with Gasteiger partial charge in [0.2, 0.25) is 5.91 Å². The molecule has 0 N–H and O–H groups in total. The molecular formula is C13H18N2O. The maximum atomic E-state index is 12.3. The van der Waals surface area contributed by atoms with E-state index in [-0.39, 0.29) is 6.04 Å². The molecule has 0 spiro atoms. The Morgan fingerprint density at radius 3 is 2.56 bits per heavy atom. The average Bonchev–Trinajstić information content (AvgIpc) is 2.81. The molecule has 3 rings (SSSR count). The molecule has 2 aliphatic carbocycles. The molecule has 3 nitrogen and oxygen atoms in total. The van der Waals surface area contributed by atoms with Crippen molar-refractivity contribution in [2.45, 2.75) is 44.6 Å². The fourth-order valence-corrected chi connectivity index (χ4v) is 3.71. The van der Waals surface area contributed by atoms with Crippen molar-refractivity contribution in [1.82, 2.24) is 4.90 Å². The fraction of sp³-hybridized carbons (Fsp3) is 0.846. The van der Waals surface area contributed by atoms with Crippen molar-refractivity contribution in [3.63, 3.8) is 0 Å². The highest BCUT2D eigenvalue weighted by molar-refractivity contribution is 5.83. The van der Waals surface area contributed by atoms with E-state index in [1.54, 1.807) is 0 Å². The summed E-state index contributed by atoms with van der Waals surface area (Å²) in [6, 6.07) is 2.15. The van der Waals surface area contributed by atoms with Gasteiger partial charge in [-0.15, -0.1) is 0 Å². The predicted octanol–water partition coefficient (Wildman–Crippen LogP) is 1.94. The number of rotatable bonds is 1. The first-order chi connectivity index (χ1) is 7.83. The standard InChI is InChI=1S/C13H18N2O/c14-8-9-4-1-2-7-15(9)13(16)12-10-5-3-6-11(10)12/h9-12H,1-7H2. The summed E-state index contributed by atoms with van der Waals surface area (Å²) in [5, 5.41) is 9.07. The number of carbonyl (C=O) groups is 1. The lowest BCUT2D eigenvalue weighted by molar-refractivity contribution is -0.135. The van der Waals surface area contributed by atoms with Crippen LogP contribution >= 0.6 is 0 Å². The molecule has 86 valence electrons. The van der Waals surface area contributed by atoms with Gasteiger partial charge in [0.25, 0.3) is 0 Å². The number of amides is 1. The number of nitriles is 1. The topological polar surface area (TPSA) is 44.1 Å². The summed E-state index contributed by atoms with van der Waals surface area (Å²) in [6.07, 6.45) is 6.84. The van der Waals surface area contributed by atoms with Crippen molar-refractivity contribution in [2.24, 2.45) is 17.8 Å². The van der Waals surface area contributed by atoms with Gasteiger partial charge in [-0.2, -0.15) is 5.26 Å². The molecule has 0 radical (unpaired) electrons. The SMILES string of the molecule is N#CC1CCCCN1C(=O)C1C2CCCC21. The van der Waals surface area contributed by atoms with Crippen molar-refractivity contribution in [3.05, 3.63) is 0 Å². The minimum Gasteiger partial charge on any atom is -0.326 e. The van der Waals surface area contributed by atoms with Crippen LogP contribution in [-0.2, 0) is 4.79 Å². The molecule has 0 aromatic carbocycles. The summed E-state index contributed by atoms with van der Waals surface area (Å²) >= 11 is 0. The zero-order valence-corrected chi connectivity index (χ0v) is 9.56. The Kier molecular flexibility index (Phi) is 2.38. The third kappa shape index (κ3) is 1.43. The predicted molar refractivity (Wildman–Crippen MR) is 59.3 cm³/mol. The van der Waals surface area contributed by atoms with E-state index in [1.165, 1.54) is 19.3 Å². The van der Waals surface area contributed by atoms with E-state index in [0.29, 0.717) is 23.7 Å². The van der Waals surface area contributed by atoms with Crippen LogP contribution in [-0.4, -0.2) is 23.4 Å². The first-order valence-electron chi connectivity index (χ1n) is 6.53. The van der Waals surface area contributed by atoms with E-state index >= 15 is 0 Å². The highest BCUT2D eigenvalue weighted by atomic mass is 16.2. The van der Waals surface area contributed by atoms with Crippen molar-refractivity contribution in [1.29, 1.82) is 5.26 Å². The molecule has 3 unspecified atom stereocenters. The molecule has 0 aromatic rings. The van der Waals surface area contributed by atoms with Crippen LogP contribution in [0, 0.1) is 29.1 Å². The first kappa shape index (κ1) is 10.1. The molecule has 1 heterocycles. The van der Waals surface area contributed by atoms with E-state index in [9.17, 15) is 4.79 Å². The summed E-state index contributed by atoms with van der Waals surface area (Å²) in [6.45, 7) is 0.813. The van der Waals surface area contributed by atoms with Crippen LogP contribution in [0.15, 0.2) is 0 Å². The maximum absolute atomic E-state index is 12.3. The number of hydrogen-bond acceptors (Lipinski definition) is 2. The number of carbonyl (C=O) groups excluding carboxylic acids is 1. The second-order valence-corrected chi connectivity index (χ2v) is 5.46. The molecule has 1 amide bonds. The average molecular weight is 218 g/mol.